The molecule has 22 heavy (non-hydrogen) atoms. The van der Waals surface area contributed by atoms with Crippen molar-refractivity contribution in [1.82, 2.24) is 9.46 Å². The van der Waals surface area contributed by atoms with Crippen LogP contribution in [0.4, 0.5) is 5.82 Å². The summed E-state index contributed by atoms with van der Waals surface area (Å²) in [5, 5.41) is 6.29. The molecule has 0 saturated heterocycles. The summed E-state index contributed by atoms with van der Waals surface area (Å²) in [5.41, 5.74) is 0. The minimum atomic E-state index is -3.31. The van der Waals surface area contributed by atoms with Crippen molar-refractivity contribution in [3.8, 4) is 0 Å². The number of amides is 1. The van der Waals surface area contributed by atoms with E-state index in [9.17, 15) is 13.2 Å². The van der Waals surface area contributed by atoms with Gasteiger partial charge in [-0.25, -0.2) is 8.42 Å². The Hall–Kier alpha value is -1.41. The average Bonchev–Trinajstić information content (AvgIpc) is 2.84. The van der Waals surface area contributed by atoms with Crippen LogP contribution >= 0.6 is 0 Å². The number of carbonyl (C=O) groups excluding carboxylic acids is 1. The first-order chi connectivity index (χ1) is 10.4. The summed E-state index contributed by atoms with van der Waals surface area (Å²) in [6.45, 7) is 1.93. The number of rotatable bonds is 6. The molecule has 0 atom stereocenters. The zero-order valence-corrected chi connectivity index (χ0v) is 13.9. The Morgan fingerprint density at radius 2 is 2.09 bits per heavy atom. The van der Waals surface area contributed by atoms with Crippen LogP contribution in [-0.4, -0.2) is 42.6 Å². The molecular formula is C14H23N3O4S. The zero-order chi connectivity index (χ0) is 16.2. The van der Waals surface area contributed by atoms with Gasteiger partial charge >= 0.3 is 0 Å². The second-order valence-corrected chi connectivity index (χ2v) is 7.72. The van der Waals surface area contributed by atoms with Crippen molar-refractivity contribution in [3.63, 3.8) is 0 Å². The van der Waals surface area contributed by atoms with Crippen LogP contribution < -0.4 is 5.32 Å². The molecule has 1 amide bonds. The fourth-order valence-corrected chi connectivity index (χ4v) is 4.01. The molecule has 1 heterocycles. The van der Waals surface area contributed by atoms with E-state index in [4.69, 9.17) is 4.52 Å². The Balaban J connectivity index is 1.91. The highest BCUT2D eigenvalue weighted by atomic mass is 32.2. The van der Waals surface area contributed by atoms with E-state index >= 15 is 0 Å². The van der Waals surface area contributed by atoms with Crippen molar-refractivity contribution >= 4 is 21.7 Å². The lowest BCUT2D eigenvalue weighted by Gasteiger charge is -2.32. The van der Waals surface area contributed by atoms with Crippen LogP contribution in [-0.2, 0) is 14.8 Å². The fourth-order valence-electron chi connectivity index (χ4n) is 2.83. The minimum absolute atomic E-state index is 0.0193. The highest BCUT2D eigenvalue weighted by Crippen LogP contribution is 2.24. The maximum atomic E-state index is 12.0. The Labute approximate surface area is 131 Å². The predicted octanol–water partition coefficient (Wildman–Crippen LogP) is 1.91. The van der Waals surface area contributed by atoms with Crippen molar-refractivity contribution in [1.29, 1.82) is 0 Å². The number of anilines is 1. The lowest BCUT2D eigenvalue weighted by atomic mass is 9.95. The largest absolute Gasteiger partial charge is 0.360 e. The quantitative estimate of drug-likeness (QED) is 0.860. The van der Waals surface area contributed by atoms with Crippen molar-refractivity contribution in [3.05, 3.63) is 11.8 Å². The first kappa shape index (κ1) is 17.0. The molecule has 1 aromatic heterocycles. The monoisotopic (exact) mass is 329 g/mol. The SMILES string of the molecule is Cc1cc(NC(=O)CCN(C2CCCCC2)S(C)(=O)=O)no1. The zero-order valence-electron chi connectivity index (χ0n) is 13.0. The lowest BCUT2D eigenvalue weighted by molar-refractivity contribution is -0.116. The summed E-state index contributed by atoms with van der Waals surface area (Å²) >= 11 is 0. The maximum absolute atomic E-state index is 12.0. The molecule has 2 rings (SSSR count). The second-order valence-electron chi connectivity index (χ2n) is 5.79. The van der Waals surface area contributed by atoms with Gasteiger partial charge in [-0.15, -0.1) is 0 Å². The molecule has 1 N–H and O–H groups in total. The van der Waals surface area contributed by atoms with Crippen LogP contribution in [0.3, 0.4) is 0 Å². The maximum Gasteiger partial charge on any atom is 0.226 e. The number of aromatic nitrogens is 1. The van der Waals surface area contributed by atoms with Crippen LogP contribution in [0.2, 0.25) is 0 Å². The molecule has 1 aliphatic carbocycles. The number of carbonyl (C=O) groups is 1. The standard InChI is InChI=1S/C14H23N3O4S/c1-11-10-13(16-21-11)15-14(18)8-9-17(22(2,19)20)12-6-4-3-5-7-12/h10,12H,3-9H2,1-2H3,(H,15,16,18). The molecule has 1 aliphatic rings. The van der Waals surface area contributed by atoms with Crippen LogP contribution in [0.5, 0.6) is 0 Å². The van der Waals surface area contributed by atoms with Crippen LogP contribution in [0.25, 0.3) is 0 Å². The smallest absolute Gasteiger partial charge is 0.226 e. The molecule has 0 radical (unpaired) electrons. The Morgan fingerprint density at radius 3 is 2.64 bits per heavy atom. The normalized spacial score (nSPS) is 16.9. The fraction of sp³-hybridized carbons (Fsp3) is 0.714. The van der Waals surface area contributed by atoms with E-state index in [1.165, 1.54) is 10.6 Å². The van der Waals surface area contributed by atoms with E-state index in [0.717, 1.165) is 32.1 Å². The summed E-state index contributed by atoms with van der Waals surface area (Å²) < 4.78 is 30.3. The third kappa shape index (κ3) is 4.81. The highest BCUT2D eigenvalue weighted by Gasteiger charge is 2.28. The average molecular weight is 329 g/mol. The number of sulfonamides is 1. The van der Waals surface area contributed by atoms with Crippen LogP contribution in [0.1, 0.15) is 44.3 Å². The topological polar surface area (TPSA) is 92.5 Å². The van der Waals surface area contributed by atoms with Crippen molar-refractivity contribution in [2.24, 2.45) is 0 Å². The summed E-state index contributed by atoms with van der Waals surface area (Å²) in [5.74, 6) is 0.694. The number of nitrogens with zero attached hydrogens (tertiary/aromatic N) is 2. The molecule has 7 nitrogen and oxygen atoms in total. The lowest BCUT2D eigenvalue weighted by Crippen LogP contribution is -2.42. The molecule has 1 saturated carbocycles. The molecule has 124 valence electrons. The van der Waals surface area contributed by atoms with E-state index in [1.807, 2.05) is 0 Å². The molecule has 0 aromatic carbocycles. The predicted molar refractivity (Wildman–Crippen MR) is 82.9 cm³/mol. The molecule has 8 heteroatoms. The summed E-state index contributed by atoms with van der Waals surface area (Å²) in [7, 11) is -3.31. The van der Waals surface area contributed by atoms with Crippen molar-refractivity contribution < 1.29 is 17.7 Å². The third-order valence-corrected chi connectivity index (χ3v) is 5.20. The molecule has 0 bridgehead atoms. The van der Waals surface area contributed by atoms with Gasteiger partial charge in [-0.05, 0) is 19.8 Å². The number of nitrogens with one attached hydrogen (secondary N) is 1. The van der Waals surface area contributed by atoms with Gasteiger partial charge in [0.15, 0.2) is 5.82 Å². The molecule has 0 aliphatic heterocycles. The van der Waals surface area contributed by atoms with Gasteiger partial charge < -0.3 is 9.84 Å². The van der Waals surface area contributed by atoms with Gasteiger partial charge in [0.2, 0.25) is 15.9 Å². The summed E-state index contributed by atoms with van der Waals surface area (Å²) in [6.07, 6.45) is 6.30. The second kappa shape index (κ2) is 7.23. The third-order valence-electron chi connectivity index (χ3n) is 3.86. The molecule has 1 aromatic rings. The van der Waals surface area contributed by atoms with E-state index in [-0.39, 0.29) is 24.9 Å². The van der Waals surface area contributed by atoms with Gasteiger partial charge in [0, 0.05) is 25.1 Å². The van der Waals surface area contributed by atoms with Crippen molar-refractivity contribution in [2.45, 2.75) is 51.5 Å². The Bertz CT molecular complexity index is 605. The number of hydrogen-bond donors (Lipinski definition) is 1. The summed E-state index contributed by atoms with van der Waals surface area (Å²) in [6, 6.07) is 1.64. The Kier molecular flexibility index (Phi) is 5.57. The highest BCUT2D eigenvalue weighted by molar-refractivity contribution is 7.88. The van der Waals surface area contributed by atoms with Gasteiger partial charge in [-0.2, -0.15) is 4.31 Å². The van der Waals surface area contributed by atoms with Crippen LogP contribution in [0.15, 0.2) is 10.6 Å². The van der Waals surface area contributed by atoms with Gasteiger partial charge in [-0.1, -0.05) is 24.4 Å². The van der Waals surface area contributed by atoms with Gasteiger partial charge in [0.05, 0.1) is 6.26 Å². The molecule has 0 spiro atoms. The van der Waals surface area contributed by atoms with E-state index in [0.29, 0.717) is 11.6 Å². The summed E-state index contributed by atoms with van der Waals surface area (Å²) in [4.78, 5) is 11.9. The minimum Gasteiger partial charge on any atom is -0.360 e. The molecule has 0 unspecified atom stereocenters. The first-order valence-electron chi connectivity index (χ1n) is 7.56. The first-order valence-corrected chi connectivity index (χ1v) is 9.41. The van der Waals surface area contributed by atoms with Crippen LogP contribution in [0, 0.1) is 6.92 Å². The van der Waals surface area contributed by atoms with Gasteiger partial charge in [0.1, 0.15) is 5.76 Å². The number of aryl methyl sites for hydroxylation is 1. The van der Waals surface area contributed by atoms with Gasteiger partial charge in [-0.3, -0.25) is 4.79 Å². The van der Waals surface area contributed by atoms with Gasteiger partial charge in [0.25, 0.3) is 0 Å². The van der Waals surface area contributed by atoms with E-state index < -0.39 is 10.0 Å². The Morgan fingerprint density at radius 1 is 1.41 bits per heavy atom. The van der Waals surface area contributed by atoms with E-state index in [1.54, 1.807) is 13.0 Å². The van der Waals surface area contributed by atoms with Crippen molar-refractivity contribution in [2.75, 3.05) is 18.1 Å². The number of hydrogen-bond acceptors (Lipinski definition) is 5. The molecular weight excluding hydrogens is 306 g/mol. The molecule has 1 fully saturated rings. The van der Waals surface area contributed by atoms with E-state index in [2.05, 4.69) is 10.5 Å².